The minimum atomic E-state index is -0.500. The number of pyridine rings is 1. The lowest BCUT2D eigenvalue weighted by Gasteiger charge is -2.55. The molecule has 3 fully saturated rings. The van der Waals surface area contributed by atoms with Crippen LogP contribution in [0.3, 0.4) is 0 Å². The number of hydrogen-bond donors (Lipinski definition) is 1. The van der Waals surface area contributed by atoms with Crippen LogP contribution < -0.4 is 10.2 Å². The van der Waals surface area contributed by atoms with E-state index in [0.29, 0.717) is 29.3 Å². The minimum Gasteiger partial charge on any atom is -0.354 e. The lowest BCUT2D eigenvalue weighted by Crippen LogP contribution is -2.62. The molecule has 4 heterocycles. The topological polar surface area (TPSA) is 65.5 Å². The van der Waals surface area contributed by atoms with E-state index in [-0.39, 0.29) is 24.1 Å². The number of carbonyl (C=O) groups is 2. The molecule has 146 valence electrons. The van der Waals surface area contributed by atoms with E-state index in [4.69, 9.17) is 0 Å². The van der Waals surface area contributed by atoms with Crippen LogP contribution in [0.2, 0.25) is 0 Å². The van der Waals surface area contributed by atoms with Gasteiger partial charge in [0.2, 0.25) is 11.8 Å². The molecule has 1 spiro atoms. The number of anilines is 1. The molecule has 1 aromatic rings. The summed E-state index contributed by atoms with van der Waals surface area (Å²) in [5.74, 6) is -1.14. The minimum absolute atomic E-state index is 0.268. The Balaban J connectivity index is 1.41. The summed E-state index contributed by atoms with van der Waals surface area (Å²) in [7, 11) is 0. The Labute approximate surface area is 159 Å². The highest BCUT2D eigenvalue weighted by Crippen LogP contribution is 2.42. The lowest BCUT2D eigenvalue weighted by atomic mass is 9.71. The van der Waals surface area contributed by atoms with Gasteiger partial charge in [-0.3, -0.25) is 19.8 Å². The van der Waals surface area contributed by atoms with Crippen LogP contribution in [-0.4, -0.2) is 53.9 Å². The molecule has 0 aromatic carbocycles. The Morgan fingerprint density at radius 3 is 2.56 bits per heavy atom. The van der Waals surface area contributed by atoms with Crippen LogP contribution in [0.5, 0.6) is 0 Å². The second-order valence-corrected chi connectivity index (χ2v) is 8.56. The van der Waals surface area contributed by atoms with E-state index < -0.39 is 5.92 Å². The first-order chi connectivity index (χ1) is 12.9. The van der Waals surface area contributed by atoms with Gasteiger partial charge in [-0.25, -0.2) is 9.37 Å². The summed E-state index contributed by atoms with van der Waals surface area (Å²) < 4.78 is 14.7. The largest absolute Gasteiger partial charge is 0.354 e. The van der Waals surface area contributed by atoms with Crippen LogP contribution in [-0.2, 0) is 9.59 Å². The van der Waals surface area contributed by atoms with Crippen molar-refractivity contribution in [3.63, 3.8) is 0 Å². The van der Waals surface area contributed by atoms with E-state index in [1.165, 1.54) is 6.07 Å². The fourth-order valence-corrected chi connectivity index (χ4v) is 4.57. The van der Waals surface area contributed by atoms with Crippen molar-refractivity contribution in [3.8, 4) is 0 Å². The number of rotatable bonds is 3. The number of hydrogen-bond acceptors (Lipinski definition) is 5. The van der Waals surface area contributed by atoms with Gasteiger partial charge >= 0.3 is 0 Å². The molecule has 1 atom stereocenters. The molecule has 3 saturated heterocycles. The monoisotopic (exact) mass is 374 g/mol. The zero-order valence-corrected chi connectivity index (χ0v) is 16.0. The molecule has 1 N–H and O–H groups in total. The number of halogens is 1. The van der Waals surface area contributed by atoms with Gasteiger partial charge in [-0.05, 0) is 50.2 Å². The molecule has 0 radical (unpaired) electrons. The summed E-state index contributed by atoms with van der Waals surface area (Å²) in [6, 6.07) is 2.00. The average Bonchev–Trinajstić information content (AvgIpc) is 2.60. The molecule has 0 saturated carbocycles. The number of piperidine rings is 2. The number of nitrogens with one attached hydrogen (secondary N) is 1. The van der Waals surface area contributed by atoms with Crippen molar-refractivity contribution in [2.45, 2.75) is 51.5 Å². The van der Waals surface area contributed by atoms with Crippen molar-refractivity contribution < 1.29 is 14.0 Å². The third-order valence-electron chi connectivity index (χ3n) is 6.42. The molecule has 0 aliphatic carbocycles. The van der Waals surface area contributed by atoms with Crippen LogP contribution in [0.1, 0.15) is 51.0 Å². The van der Waals surface area contributed by atoms with E-state index in [2.05, 4.69) is 29.0 Å². The normalized spacial score (nSPS) is 25.6. The first kappa shape index (κ1) is 18.3. The summed E-state index contributed by atoms with van der Waals surface area (Å²) >= 11 is 0. The summed E-state index contributed by atoms with van der Waals surface area (Å²) in [5.41, 5.74) is 0.936. The third-order valence-corrected chi connectivity index (χ3v) is 6.42. The Kier molecular flexibility index (Phi) is 4.66. The van der Waals surface area contributed by atoms with Crippen molar-refractivity contribution in [2.24, 2.45) is 5.41 Å². The van der Waals surface area contributed by atoms with Gasteiger partial charge in [0.15, 0.2) is 11.6 Å². The molecular weight excluding hydrogens is 347 g/mol. The standard InChI is InChI=1S/C20H27FN4O2/c1-13(2)25-11-20(12-25)5-7-24(8-6-20)18-16(21)9-14(10-22-18)15-3-4-17(26)23-19(15)27/h9-10,13,15H,3-8,11-12H2,1-2H3,(H,23,26,27). The fourth-order valence-electron chi connectivity index (χ4n) is 4.57. The number of likely N-dealkylation sites (tertiary alicyclic amines) is 1. The fraction of sp³-hybridized carbons (Fsp3) is 0.650. The molecule has 0 bridgehead atoms. The van der Waals surface area contributed by atoms with E-state index in [1.807, 2.05) is 4.90 Å². The second-order valence-electron chi connectivity index (χ2n) is 8.56. The average molecular weight is 374 g/mol. The number of nitrogens with zero attached hydrogens (tertiary/aromatic N) is 3. The van der Waals surface area contributed by atoms with E-state index in [9.17, 15) is 14.0 Å². The van der Waals surface area contributed by atoms with Crippen LogP contribution >= 0.6 is 0 Å². The maximum absolute atomic E-state index is 14.7. The highest BCUT2D eigenvalue weighted by atomic mass is 19.1. The SMILES string of the molecule is CC(C)N1CC2(CCN(c3ncc(C4CCC(=O)NC4=O)cc3F)CC2)C1. The maximum atomic E-state index is 14.7. The zero-order chi connectivity index (χ0) is 19.2. The number of imide groups is 1. The Bertz CT molecular complexity index is 750. The van der Waals surface area contributed by atoms with Gasteiger partial charge in [-0.15, -0.1) is 0 Å². The zero-order valence-electron chi connectivity index (χ0n) is 16.0. The Morgan fingerprint density at radius 1 is 1.26 bits per heavy atom. The first-order valence-electron chi connectivity index (χ1n) is 9.85. The highest BCUT2D eigenvalue weighted by Gasteiger charge is 2.45. The van der Waals surface area contributed by atoms with Gasteiger partial charge in [0, 0.05) is 44.8 Å². The molecule has 6 nitrogen and oxygen atoms in total. The van der Waals surface area contributed by atoms with Crippen molar-refractivity contribution in [2.75, 3.05) is 31.1 Å². The molecule has 3 aliphatic heterocycles. The van der Waals surface area contributed by atoms with Crippen molar-refractivity contribution in [1.82, 2.24) is 15.2 Å². The molecule has 1 unspecified atom stereocenters. The molecule has 27 heavy (non-hydrogen) atoms. The molecule has 7 heteroatoms. The van der Waals surface area contributed by atoms with Gasteiger partial charge in [0.25, 0.3) is 0 Å². The van der Waals surface area contributed by atoms with Gasteiger partial charge < -0.3 is 4.90 Å². The van der Waals surface area contributed by atoms with Crippen molar-refractivity contribution in [1.29, 1.82) is 0 Å². The summed E-state index contributed by atoms with van der Waals surface area (Å²) in [5, 5.41) is 2.32. The third kappa shape index (κ3) is 3.45. The van der Waals surface area contributed by atoms with Gasteiger partial charge in [-0.1, -0.05) is 0 Å². The lowest BCUT2D eigenvalue weighted by molar-refractivity contribution is -0.134. The van der Waals surface area contributed by atoms with Crippen molar-refractivity contribution >= 4 is 17.6 Å². The number of amides is 2. The van der Waals surface area contributed by atoms with Crippen LogP contribution in [0.15, 0.2) is 12.3 Å². The van der Waals surface area contributed by atoms with E-state index >= 15 is 0 Å². The highest BCUT2D eigenvalue weighted by molar-refractivity contribution is 6.00. The number of carbonyl (C=O) groups excluding carboxylic acids is 2. The molecule has 2 amide bonds. The van der Waals surface area contributed by atoms with E-state index in [0.717, 1.165) is 39.0 Å². The Morgan fingerprint density at radius 2 is 1.96 bits per heavy atom. The van der Waals surface area contributed by atoms with E-state index in [1.54, 1.807) is 6.20 Å². The predicted octanol–water partition coefficient (Wildman–Crippen LogP) is 2.05. The predicted molar refractivity (Wildman–Crippen MR) is 99.9 cm³/mol. The summed E-state index contributed by atoms with van der Waals surface area (Å²) in [6.45, 7) is 8.36. The number of aromatic nitrogens is 1. The second kappa shape index (κ2) is 6.86. The van der Waals surface area contributed by atoms with Gasteiger partial charge in [0.1, 0.15) is 0 Å². The first-order valence-corrected chi connectivity index (χ1v) is 9.85. The maximum Gasteiger partial charge on any atom is 0.234 e. The van der Waals surface area contributed by atoms with Gasteiger partial charge in [-0.2, -0.15) is 0 Å². The molecule has 4 rings (SSSR count). The molecule has 1 aromatic heterocycles. The summed E-state index contributed by atoms with van der Waals surface area (Å²) in [6.07, 6.45) is 4.40. The van der Waals surface area contributed by atoms with Crippen LogP contribution in [0, 0.1) is 11.2 Å². The summed E-state index contributed by atoms with van der Waals surface area (Å²) in [4.78, 5) is 32.1. The van der Waals surface area contributed by atoms with Crippen LogP contribution in [0.4, 0.5) is 10.2 Å². The van der Waals surface area contributed by atoms with Crippen molar-refractivity contribution in [3.05, 3.63) is 23.6 Å². The van der Waals surface area contributed by atoms with Gasteiger partial charge in [0.05, 0.1) is 5.92 Å². The molecular formula is C20H27FN4O2. The Hall–Kier alpha value is -2.02. The smallest absolute Gasteiger partial charge is 0.234 e. The quantitative estimate of drug-likeness (QED) is 0.821. The molecule has 3 aliphatic rings. The van der Waals surface area contributed by atoms with Crippen LogP contribution in [0.25, 0.3) is 0 Å².